The highest BCUT2D eigenvalue weighted by Gasteiger charge is 2.13. The maximum Gasteiger partial charge on any atom is 0.203 e. The average molecular weight is 217 g/mol. The number of imidazole rings is 1. The topological polar surface area (TPSA) is 59.7 Å². The Bertz CT molecular complexity index is 439. The summed E-state index contributed by atoms with van der Waals surface area (Å²) in [6.07, 6.45) is 3.80. The summed E-state index contributed by atoms with van der Waals surface area (Å²) in [4.78, 5) is 13.2. The van der Waals surface area contributed by atoms with Crippen LogP contribution in [0.25, 0.3) is 11.4 Å². The van der Waals surface area contributed by atoms with Gasteiger partial charge < -0.3 is 20.2 Å². The summed E-state index contributed by atoms with van der Waals surface area (Å²) in [7, 11) is 0. The Morgan fingerprint density at radius 1 is 1.19 bits per heavy atom. The van der Waals surface area contributed by atoms with Crippen molar-refractivity contribution in [2.45, 2.75) is 0 Å². The molecule has 1 fully saturated rings. The van der Waals surface area contributed by atoms with Crippen LogP contribution in [-0.2, 0) is 0 Å². The van der Waals surface area contributed by atoms with Gasteiger partial charge in [0.15, 0.2) is 0 Å². The van der Waals surface area contributed by atoms with E-state index >= 15 is 0 Å². The minimum Gasteiger partial charge on any atom is -0.360 e. The van der Waals surface area contributed by atoms with Crippen LogP contribution in [0.1, 0.15) is 0 Å². The second-order valence-corrected chi connectivity index (χ2v) is 3.94. The molecule has 3 rings (SSSR count). The number of nitrogens with one attached hydrogen (secondary N) is 3. The number of aromatic amines is 2. The monoisotopic (exact) mass is 217 g/mol. The fourth-order valence-electron chi connectivity index (χ4n) is 1.98. The zero-order valence-electron chi connectivity index (χ0n) is 9.03. The molecule has 0 radical (unpaired) electrons. The molecule has 5 nitrogen and oxygen atoms in total. The highest BCUT2D eigenvalue weighted by molar-refractivity contribution is 5.56. The average Bonchev–Trinajstić information content (AvgIpc) is 3.01. The minimum atomic E-state index is 0.964. The first kappa shape index (κ1) is 9.47. The molecule has 2 aromatic rings. The predicted octanol–water partition coefficient (Wildman–Crippen LogP) is 0.814. The molecule has 0 spiro atoms. The summed E-state index contributed by atoms with van der Waals surface area (Å²) in [5.74, 6) is 0.964. The van der Waals surface area contributed by atoms with Gasteiger partial charge in [-0.15, -0.1) is 0 Å². The maximum atomic E-state index is 4.42. The van der Waals surface area contributed by atoms with E-state index < -0.39 is 0 Å². The lowest BCUT2D eigenvalue weighted by molar-refractivity contribution is 0.581. The zero-order valence-corrected chi connectivity index (χ0v) is 9.03. The smallest absolute Gasteiger partial charge is 0.203 e. The molecule has 0 aliphatic carbocycles. The van der Waals surface area contributed by atoms with E-state index in [4.69, 9.17) is 0 Å². The van der Waals surface area contributed by atoms with Crippen LogP contribution < -0.4 is 10.2 Å². The molecule has 1 aliphatic rings. The van der Waals surface area contributed by atoms with E-state index in [0.717, 1.165) is 43.5 Å². The number of aromatic nitrogens is 3. The Kier molecular flexibility index (Phi) is 2.38. The number of nitrogens with zero attached hydrogens (tertiary/aromatic N) is 2. The van der Waals surface area contributed by atoms with Crippen molar-refractivity contribution >= 4 is 5.95 Å². The molecule has 84 valence electrons. The van der Waals surface area contributed by atoms with Crippen molar-refractivity contribution < 1.29 is 0 Å². The van der Waals surface area contributed by atoms with Crippen molar-refractivity contribution in [1.29, 1.82) is 0 Å². The molecule has 0 saturated carbocycles. The summed E-state index contributed by atoms with van der Waals surface area (Å²) >= 11 is 0. The molecule has 1 saturated heterocycles. The van der Waals surface area contributed by atoms with Gasteiger partial charge in [0.05, 0.1) is 17.6 Å². The van der Waals surface area contributed by atoms with Crippen molar-refractivity contribution in [2.24, 2.45) is 0 Å². The van der Waals surface area contributed by atoms with Gasteiger partial charge in [-0.05, 0) is 12.1 Å². The third kappa shape index (κ3) is 1.69. The molecule has 0 aromatic carbocycles. The Balaban J connectivity index is 1.82. The lowest BCUT2D eigenvalue weighted by atomic mass is 10.3. The molecule has 0 atom stereocenters. The van der Waals surface area contributed by atoms with E-state index in [1.54, 1.807) is 0 Å². The van der Waals surface area contributed by atoms with Gasteiger partial charge in [0.25, 0.3) is 0 Å². The molecule has 1 aliphatic heterocycles. The van der Waals surface area contributed by atoms with E-state index in [2.05, 4.69) is 25.2 Å². The molecule has 0 unspecified atom stereocenters. The van der Waals surface area contributed by atoms with E-state index in [1.165, 1.54) is 0 Å². The third-order valence-corrected chi connectivity index (χ3v) is 2.87. The number of hydrogen-bond donors (Lipinski definition) is 3. The number of H-pyrrole nitrogens is 2. The van der Waals surface area contributed by atoms with Gasteiger partial charge in [-0.1, -0.05) is 0 Å². The van der Waals surface area contributed by atoms with Crippen LogP contribution in [0.4, 0.5) is 5.95 Å². The molecular formula is C11H15N5. The Morgan fingerprint density at radius 3 is 2.81 bits per heavy atom. The number of rotatable bonds is 2. The molecular weight excluding hydrogens is 202 g/mol. The fraction of sp³-hybridized carbons (Fsp3) is 0.364. The summed E-state index contributed by atoms with van der Waals surface area (Å²) in [5.41, 5.74) is 2.12. The fourth-order valence-corrected chi connectivity index (χ4v) is 1.98. The summed E-state index contributed by atoms with van der Waals surface area (Å²) in [5, 5.41) is 3.33. The normalized spacial score (nSPS) is 16.6. The third-order valence-electron chi connectivity index (χ3n) is 2.87. The van der Waals surface area contributed by atoms with Crippen LogP contribution in [0.5, 0.6) is 0 Å². The minimum absolute atomic E-state index is 0.964. The van der Waals surface area contributed by atoms with E-state index in [9.17, 15) is 0 Å². The number of anilines is 1. The molecule has 0 amide bonds. The molecule has 2 aromatic heterocycles. The van der Waals surface area contributed by atoms with Gasteiger partial charge in [-0.25, -0.2) is 4.98 Å². The predicted molar refractivity (Wildman–Crippen MR) is 63.5 cm³/mol. The number of hydrogen-bond acceptors (Lipinski definition) is 3. The first-order valence-electron chi connectivity index (χ1n) is 5.58. The van der Waals surface area contributed by atoms with Crippen LogP contribution >= 0.6 is 0 Å². The molecule has 3 N–H and O–H groups in total. The second-order valence-electron chi connectivity index (χ2n) is 3.94. The highest BCUT2D eigenvalue weighted by atomic mass is 15.3. The van der Waals surface area contributed by atoms with Gasteiger partial charge in [0.2, 0.25) is 5.95 Å². The highest BCUT2D eigenvalue weighted by Crippen LogP contribution is 2.18. The van der Waals surface area contributed by atoms with Crippen LogP contribution in [-0.4, -0.2) is 41.1 Å². The van der Waals surface area contributed by atoms with Crippen LogP contribution in [0.2, 0.25) is 0 Å². The van der Waals surface area contributed by atoms with E-state index in [0.29, 0.717) is 0 Å². The second kappa shape index (κ2) is 4.02. The van der Waals surface area contributed by atoms with Gasteiger partial charge in [-0.2, -0.15) is 0 Å². The molecule has 5 heteroatoms. The summed E-state index contributed by atoms with van der Waals surface area (Å²) < 4.78 is 0. The summed E-state index contributed by atoms with van der Waals surface area (Å²) in [6, 6.07) is 4.02. The summed E-state index contributed by atoms with van der Waals surface area (Å²) in [6.45, 7) is 4.08. The van der Waals surface area contributed by atoms with Gasteiger partial charge in [0.1, 0.15) is 0 Å². The van der Waals surface area contributed by atoms with Crippen molar-refractivity contribution in [3.8, 4) is 11.4 Å². The van der Waals surface area contributed by atoms with Gasteiger partial charge >= 0.3 is 0 Å². The van der Waals surface area contributed by atoms with E-state index in [-0.39, 0.29) is 0 Å². The Morgan fingerprint density at radius 2 is 2.06 bits per heavy atom. The van der Waals surface area contributed by atoms with Crippen LogP contribution in [0.15, 0.2) is 24.5 Å². The zero-order chi connectivity index (χ0) is 10.8. The van der Waals surface area contributed by atoms with Gasteiger partial charge in [0, 0.05) is 32.4 Å². The van der Waals surface area contributed by atoms with Crippen LogP contribution in [0, 0.1) is 0 Å². The lowest BCUT2D eigenvalue weighted by Crippen LogP contribution is -2.44. The van der Waals surface area contributed by atoms with Crippen molar-refractivity contribution in [3.63, 3.8) is 0 Å². The maximum absolute atomic E-state index is 4.42. The molecule has 0 bridgehead atoms. The molecule has 16 heavy (non-hydrogen) atoms. The quantitative estimate of drug-likeness (QED) is 0.698. The molecule has 3 heterocycles. The number of piperazine rings is 1. The first-order valence-corrected chi connectivity index (χ1v) is 5.58. The van der Waals surface area contributed by atoms with Gasteiger partial charge in [-0.3, -0.25) is 0 Å². The largest absolute Gasteiger partial charge is 0.360 e. The lowest BCUT2D eigenvalue weighted by Gasteiger charge is -2.26. The first-order chi connectivity index (χ1) is 7.93. The van der Waals surface area contributed by atoms with Crippen LogP contribution in [0.3, 0.4) is 0 Å². The van der Waals surface area contributed by atoms with Crippen molar-refractivity contribution in [3.05, 3.63) is 24.5 Å². The van der Waals surface area contributed by atoms with Crippen molar-refractivity contribution in [1.82, 2.24) is 20.3 Å². The Hall–Kier alpha value is -1.75. The van der Waals surface area contributed by atoms with Crippen molar-refractivity contribution in [2.75, 3.05) is 31.1 Å². The SMILES string of the molecule is c1c[nH]c(-c2cnc(N3CCNCC3)[nH]2)c1. The standard InChI is InChI=1S/C11H15N5/c1-2-9(13-3-1)10-8-14-11(15-10)16-6-4-12-5-7-16/h1-3,8,12-13H,4-7H2,(H,14,15). The van der Waals surface area contributed by atoms with E-state index in [1.807, 2.05) is 24.5 Å². The Labute approximate surface area is 93.9 Å².